The quantitative estimate of drug-likeness (QED) is 0.255. The maximum atomic E-state index is 10.4. The van der Waals surface area contributed by atoms with Gasteiger partial charge >= 0.3 is 25.0 Å². The second-order valence-electron chi connectivity index (χ2n) is 2.65. The van der Waals surface area contributed by atoms with Gasteiger partial charge in [0.05, 0.1) is 9.85 Å². The van der Waals surface area contributed by atoms with E-state index in [2.05, 4.69) is 0 Å². The Hall–Kier alpha value is -2.11. The van der Waals surface area contributed by atoms with Gasteiger partial charge < -0.3 is 0 Å². The second-order valence-corrected chi connectivity index (χ2v) is 2.65. The van der Waals surface area contributed by atoms with E-state index in [0.29, 0.717) is 0 Å². The van der Waals surface area contributed by atoms with Crippen LogP contribution in [-0.4, -0.2) is 14.8 Å². The van der Waals surface area contributed by atoms with Gasteiger partial charge in [-0.05, 0) is 11.6 Å². The summed E-state index contributed by atoms with van der Waals surface area (Å²) < 4.78 is 0. The molecule has 1 rings (SSSR count). The summed E-state index contributed by atoms with van der Waals surface area (Å²) in [6.45, 7) is 0. The van der Waals surface area contributed by atoms with Crippen LogP contribution in [0.15, 0.2) is 24.3 Å². The number of hydrogen-bond acceptors (Lipinski definition) is 6. The molecule has 0 heterocycles. The molecule has 0 amide bonds. The molecule has 0 unspecified atom stereocenters. The van der Waals surface area contributed by atoms with Crippen LogP contribution in [0, 0.1) is 36.5 Å². The molecule has 1 aromatic carbocycles. The largest absolute Gasteiger partial charge is 1.00 e. The molecule has 0 aliphatic carbocycles. The molecule has 0 spiro atoms. The first-order valence-corrected chi connectivity index (χ1v) is 3.84. The molecule has 10 heteroatoms. The molecule has 1 aromatic rings. The number of nitro benzene ring substituents is 1. The Balaban J connectivity index is 0.00000256. The minimum Gasteiger partial charge on any atom is -0.265 e. The first-order chi connectivity index (χ1) is 7.43. The number of non-ortho nitro benzene ring substituents is 1. The number of hydrogen-bond donors (Lipinski definition) is 0. The van der Waals surface area contributed by atoms with Gasteiger partial charge in [0.15, 0.2) is 0 Å². The van der Waals surface area contributed by atoms with Gasteiger partial charge in [-0.15, -0.1) is 12.1 Å². The summed E-state index contributed by atoms with van der Waals surface area (Å²) in [4.78, 5) is 27.9. The van der Waals surface area contributed by atoms with Gasteiger partial charge in [-0.2, -0.15) is 0 Å². The Morgan fingerprint density at radius 1 is 1.00 bits per heavy atom. The van der Waals surface area contributed by atoms with Crippen LogP contribution in [0.3, 0.4) is 0 Å². The van der Waals surface area contributed by atoms with Crippen LogP contribution < -0.4 is 18.9 Å². The normalized spacial score (nSPS) is 8.94. The molecule has 0 aromatic heterocycles. The third-order valence-electron chi connectivity index (χ3n) is 1.66. The van der Waals surface area contributed by atoms with E-state index in [-0.39, 0.29) is 18.9 Å². The van der Waals surface area contributed by atoms with E-state index in [9.17, 15) is 30.3 Å². The van der Waals surface area contributed by atoms with E-state index in [1.54, 1.807) is 0 Å². The summed E-state index contributed by atoms with van der Waals surface area (Å²) >= 11 is 0. The molecule has 0 saturated carbocycles. The van der Waals surface area contributed by atoms with Crippen molar-refractivity contribution >= 4 is 5.69 Å². The van der Waals surface area contributed by atoms with Crippen molar-refractivity contribution in [1.29, 1.82) is 0 Å². The molecule has 0 atom stereocenters. The van der Waals surface area contributed by atoms with Crippen molar-refractivity contribution in [3.8, 4) is 0 Å². The Kier molecular flexibility index (Phi) is 5.11. The van der Waals surface area contributed by atoms with Crippen LogP contribution in [0.2, 0.25) is 0 Å². The molecule has 0 radical (unpaired) electrons. The fourth-order valence-electron chi connectivity index (χ4n) is 1.04. The molecular weight excluding hydrogens is 229 g/mol. The molecule has 17 heavy (non-hydrogen) atoms. The summed E-state index contributed by atoms with van der Waals surface area (Å²) in [5, 5.41) is 31.1. The number of nitro groups is 3. The Morgan fingerprint density at radius 3 is 1.94 bits per heavy atom. The van der Waals surface area contributed by atoms with Crippen LogP contribution >= 0.6 is 0 Å². The standard InChI is InChI=1S/C7H4N3O6.Li/c11-8(12)6-3-1-2-5(4-6)7(9(13)14)10(15)16;/h1-4H;/q-1;+1. The van der Waals surface area contributed by atoms with E-state index >= 15 is 0 Å². The van der Waals surface area contributed by atoms with Crippen LogP contribution in [-0.2, 0) is 0 Å². The maximum Gasteiger partial charge on any atom is 1.00 e. The molecular formula is C7H4LiN3O6. The van der Waals surface area contributed by atoms with Gasteiger partial charge in [0.2, 0.25) is 5.69 Å². The zero-order valence-electron chi connectivity index (χ0n) is 8.60. The molecule has 0 saturated heterocycles. The molecule has 0 aliphatic heterocycles. The molecule has 84 valence electrons. The topological polar surface area (TPSA) is 129 Å². The third kappa shape index (κ3) is 3.44. The molecule has 0 aliphatic rings. The summed E-state index contributed by atoms with van der Waals surface area (Å²) in [5.41, 5.74) is -0.858. The Labute approximate surface area is 106 Å². The van der Waals surface area contributed by atoms with Gasteiger partial charge in [-0.25, -0.2) is 0 Å². The Bertz CT molecular complexity index is 451. The average Bonchev–Trinajstić information content (AvgIpc) is 2.16. The summed E-state index contributed by atoms with van der Waals surface area (Å²) in [6, 6.07) is 4.07. The average molecular weight is 233 g/mol. The fourth-order valence-corrected chi connectivity index (χ4v) is 1.04. The maximum absolute atomic E-state index is 10.4. The van der Waals surface area contributed by atoms with E-state index in [1.807, 2.05) is 0 Å². The van der Waals surface area contributed by atoms with Gasteiger partial charge in [0.1, 0.15) is 0 Å². The predicted octanol–water partition coefficient (Wildman–Crippen LogP) is -2.01. The van der Waals surface area contributed by atoms with Gasteiger partial charge in [-0.1, -0.05) is 6.07 Å². The van der Waals surface area contributed by atoms with Gasteiger partial charge in [-0.3, -0.25) is 30.3 Å². The molecule has 9 nitrogen and oxygen atoms in total. The van der Waals surface area contributed by atoms with Crippen molar-refractivity contribution in [2.45, 2.75) is 0 Å². The summed E-state index contributed by atoms with van der Waals surface area (Å²) in [7, 11) is 0. The van der Waals surface area contributed by atoms with Crippen molar-refractivity contribution in [3.05, 3.63) is 66.3 Å². The van der Waals surface area contributed by atoms with Crippen molar-refractivity contribution < 1.29 is 33.6 Å². The first-order valence-electron chi connectivity index (χ1n) is 3.84. The van der Waals surface area contributed by atoms with Crippen molar-refractivity contribution in [2.75, 3.05) is 0 Å². The zero-order valence-corrected chi connectivity index (χ0v) is 8.60. The van der Waals surface area contributed by atoms with E-state index in [0.717, 1.165) is 24.3 Å². The molecule has 0 fully saturated rings. The number of rotatable bonds is 4. The van der Waals surface area contributed by atoms with Crippen LogP contribution in [0.5, 0.6) is 0 Å². The van der Waals surface area contributed by atoms with E-state index in [1.165, 1.54) is 0 Å². The monoisotopic (exact) mass is 233 g/mol. The predicted molar refractivity (Wildman–Crippen MR) is 49.4 cm³/mol. The zero-order chi connectivity index (χ0) is 12.3. The van der Waals surface area contributed by atoms with Gasteiger partial charge in [0, 0.05) is 4.92 Å². The smallest absolute Gasteiger partial charge is 0.265 e. The van der Waals surface area contributed by atoms with Crippen molar-refractivity contribution in [1.82, 2.24) is 0 Å². The summed E-state index contributed by atoms with van der Waals surface area (Å²) in [6.07, 6.45) is -1.29. The van der Waals surface area contributed by atoms with E-state index < -0.39 is 32.2 Å². The Morgan fingerprint density at radius 2 is 1.53 bits per heavy atom. The molecule has 0 bridgehead atoms. The first kappa shape index (κ1) is 14.9. The third-order valence-corrected chi connectivity index (χ3v) is 1.66. The number of benzene rings is 1. The summed E-state index contributed by atoms with van der Waals surface area (Å²) in [5.74, 6) is 0. The van der Waals surface area contributed by atoms with Crippen molar-refractivity contribution in [3.63, 3.8) is 0 Å². The van der Waals surface area contributed by atoms with Crippen LogP contribution in [0.4, 0.5) is 5.69 Å². The second kappa shape index (κ2) is 5.83. The van der Waals surface area contributed by atoms with E-state index in [4.69, 9.17) is 0 Å². The van der Waals surface area contributed by atoms with Crippen molar-refractivity contribution in [2.24, 2.45) is 0 Å². The van der Waals surface area contributed by atoms with Crippen LogP contribution in [0.1, 0.15) is 5.56 Å². The minimum atomic E-state index is -1.29. The SMILES string of the molecule is O=[N+]([O-])c1cccc([C-]([N+](=O)[O-])[N+](=O)[O-])c1.[Li+]. The fraction of sp³-hybridized carbons (Fsp3) is 0. The minimum absolute atomic E-state index is 0. The van der Waals surface area contributed by atoms with Gasteiger partial charge in [0.25, 0.3) is 0 Å². The van der Waals surface area contributed by atoms with Crippen LogP contribution in [0.25, 0.3) is 0 Å². The number of nitrogens with zero attached hydrogens (tertiary/aromatic N) is 3. The molecule has 0 N–H and O–H groups in total.